The van der Waals surface area contributed by atoms with Gasteiger partial charge in [0.1, 0.15) is 29.6 Å². The molecule has 0 saturated carbocycles. The molecule has 1 fully saturated rings. The van der Waals surface area contributed by atoms with Gasteiger partial charge in [-0.05, 0) is 24.1 Å². The number of nitrogens with zero attached hydrogens (tertiary/aromatic N) is 3. The lowest BCUT2D eigenvalue weighted by atomic mass is 10.0. The molecule has 1 aromatic carbocycles. The summed E-state index contributed by atoms with van der Waals surface area (Å²) in [4.78, 5) is 21.4. The summed E-state index contributed by atoms with van der Waals surface area (Å²) in [5.41, 5.74) is 7.07. The first-order valence-electron chi connectivity index (χ1n) is 10.6. The number of aromatic hydroxyl groups is 1. The minimum Gasteiger partial charge on any atom is -0.507 e. The Kier molecular flexibility index (Phi) is 5.72. The third kappa shape index (κ3) is 4.12. The highest BCUT2D eigenvalue weighted by molar-refractivity contribution is 7.85. The molecule has 2 bridgehead atoms. The highest BCUT2D eigenvalue weighted by atomic mass is 32.2. The van der Waals surface area contributed by atoms with Crippen LogP contribution in [0.15, 0.2) is 30.5 Å². The van der Waals surface area contributed by atoms with Crippen LogP contribution in [0.4, 0.5) is 11.6 Å². The molecule has 2 aromatic heterocycles. The Hall–Kier alpha value is -3.50. The fraction of sp³-hybridized carbons (Fsp3) is 0.350. The van der Waals surface area contributed by atoms with Crippen molar-refractivity contribution in [1.29, 1.82) is 0 Å². The molecule has 0 spiro atoms. The van der Waals surface area contributed by atoms with Crippen molar-refractivity contribution in [3.05, 3.63) is 41.6 Å². The number of nitrogen functional groups attached to an aromatic ring is 1. The topological polar surface area (TPSA) is 211 Å². The number of carbonyl (C=O) groups excluding carboxylic acids is 1. The largest absolute Gasteiger partial charge is 0.507 e. The number of nitrogens with two attached hydrogens (primary N) is 1. The van der Waals surface area contributed by atoms with Crippen LogP contribution in [-0.2, 0) is 25.6 Å². The molecular weight excluding hydrogens is 484 g/mol. The van der Waals surface area contributed by atoms with E-state index in [1.165, 1.54) is 22.9 Å². The number of aliphatic hydroxyl groups excluding tert-OH is 2. The Balaban J connectivity index is 1.61. The Bertz CT molecular complexity index is 1410. The quantitative estimate of drug-likeness (QED) is 0.217. The fourth-order valence-corrected chi connectivity index (χ4v) is 4.87. The van der Waals surface area contributed by atoms with E-state index in [1.807, 2.05) is 0 Å². The van der Waals surface area contributed by atoms with Gasteiger partial charge in [0.05, 0.1) is 17.9 Å². The molecule has 3 aromatic rings. The number of aromatic nitrogens is 3. The van der Waals surface area contributed by atoms with E-state index in [-0.39, 0.29) is 30.1 Å². The molecule has 14 nitrogen and oxygen atoms in total. The minimum atomic E-state index is -4.65. The molecule has 0 unspecified atom stereocenters. The summed E-state index contributed by atoms with van der Waals surface area (Å²) in [6, 6.07) is 5.89. The molecule has 0 aliphatic carbocycles. The van der Waals surface area contributed by atoms with E-state index >= 15 is 0 Å². The van der Waals surface area contributed by atoms with E-state index in [9.17, 15) is 28.5 Å². The summed E-state index contributed by atoms with van der Waals surface area (Å²) < 4.78 is 38.5. The second kappa shape index (κ2) is 8.62. The van der Waals surface area contributed by atoms with E-state index in [0.717, 1.165) is 0 Å². The van der Waals surface area contributed by atoms with Gasteiger partial charge >= 0.3 is 10.3 Å². The molecule has 186 valence electrons. The maximum atomic E-state index is 12.7. The van der Waals surface area contributed by atoms with Crippen molar-refractivity contribution in [2.75, 3.05) is 24.2 Å². The Morgan fingerprint density at radius 3 is 2.80 bits per heavy atom. The average Bonchev–Trinajstić information content (AvgIpc) is 3.29. The van der Waals surface area contributed by atoms with Crippen LogP contribution in [0.1, 0.15) is 22.1 Å². The molecule has 15 heteroatoms. The van der Waals surface area contributed by atoms with Crippen LogP contribution in [0.25, 0.3) is 11.2 Å². The standard InChI is InChI=1S/C20H22N6O8S/c21-10-5-7-22-17-14(10)24-20-23-6-4-9-2-1-3-11(27)13(9)18(30)25-35(31,32)33-8-12-15(28)16(29)19(34-12)26(17)20/h1-3,5,7,12,15-16,19,27-29H,4,6,8H2,(H2,21,22)(H,23,24)(H,25,30)/t12-,15-,16-,19-/m1/s1. The Labute approximate surface area is 198 Å². The van der Waals surface area contributed by atoms with Crippen LogP contribution >= 0.6 is 0 Å². The van der Waals surface area contributed by atoms with Gasteiger partial charge in [-0.15, -0.1) is 0 Å². The molecule has 1 amide bonds. The molecule has 35 heavy (non-hydrogen) atoms. The van der Waals surface area contributed by atoms with Crippen LogP contribution in [0.5, 0.6) is 5.75 Å². The average molecular weight is 506 g/mol. The van der Waals surface area contributed by atoms with E-state index in [2.05, 4.69) is 15.3 Å². The van der Waals surface area contributed by atoms with Crippen molar-refractivity contribution < 1.29 is 37.5 Å². The van der Waals surface area contributed by atoms with Crippen molar-refractivity contribution in [2.45, 2.75) is 31.0 Å². The lowest BCUT2D eigenvalue weighted by Crippen LogP contribution is -2.38. The number of phenols is 1. The smallest absolute Gasteiger partial charge is 0.362 e. The first-order chi connectivity index (χ1) is 16.7. The van der Waals surface area contributed by atoms with Crippen molar-refractivity contribution >= 4 is 39.0 Å². The number of anilines is 2. The summed E-state index contributed by atoms with van der Waals surface area (Å²) in [7, 11) is -4.65. The van der Waals surface area contributed by atoms with Gasteiger partial charge in [-0.2, -0.15) is 8.42 Å². The Morgan fingerprint density at radius 2 is 2.00 bits per heavy atom. The van der Waals surface area contributed by atoms with E-state index in [1.54, 1.807) is 16.9 Å². The maximum Gasteiger partial charge on any atom is 0.362 e. The van der Waals surface area contributed by atoms with Crippen molar-refractivity contribution in [3.63, 3.8) is 0 Å². The van der Waals surface area contributed by atoms with Gasteiger partial charge in [0.15, 0.2) is 11.9 Å². The molecule has 7 N–H and O–H groups in total. The number of rotatable bonds is 0. The van der Waals surface area contributed by atoms with E-state index in [0.29, 0.717) is 16.8 Å². The molecule has 4 heterocycles. The molecule has 0 radical (unpaired) electrons. The lowest BCUT2D eigenvalue weighted by molar-refractivity contribution is -0.0458. The van der Waals surface area contributed by atoms with Gasteiger partial charge in [-0.3, -0.25) is 13.5 Å². The summed E-state index contributed by atoms with van der Waals surface area (Å²) >= 11 is 0. The zero-order valence-electron chi connectivity index (χ0n) is 18.0. The molecule has 2 aliphatic heterocycles. The second-order valence-corrected chi connectivity index (χ2v) is 9.43. The van der Waals surface area contributed by atoms with Crippen molar-refractivity contribution in [2.24, 2.45) is 0 Å². The number of phenolic OH excluding ortho intramolecular Hbond substituents is 1. The number of benzene rings is 1. The Morgan fingerprint density at radius 1 is 1.20 bits per heavy atom. The van der Waals surface area contributed by atoms with E-state index in [4.69, 9.17) is 14.7 Å². The number of fused-ring (bicyclic) bond motifs is 7. The van der Waals surface area contributed by atoms with Crippen LogP contribution in [0.2, 0.25) is 0 Å². The van der Waals surface area contributed by atoms with Gasteiger partial charge in [-0.1, -0.05) is 12.1 Å². The first kappa shape index (κ1) is 23.3. The summed E-state index contributed by atoms with van der Waals surface area (Å²) in [5.74, 6) is -1.30. The van der Waals surface area contributed by atoms with Gasteiger partial charge in [-0.25, -0.2) is 14.7 Å². The monoisotopic (exact) mass is 506 g/mol. The van der Waals surface area contributed by atoms with Crippen LogP contribution in [-0.4, -0.2) is 75.6 Å². The second-order valence-electron chi connectivity index (χ2n) is 8.08. The predicted octanol–water partition coefficient (Wildman–Crippen LogP) is -1.00. The number of hydrogen-bond acceptors (Lipinski definition) is 12. The summed E-state index contributed by atoms with van der Waals surface area (Å²) in [5, 5.41) is 34.5. The number of nitrogens with one attached hydrogen (secondary N) is 2. The predicted molar refractivity (Wildman–Crippen MR) is 121 cm³/mol. The zero-order chi connectivity index (χ0) is 24.9. The first-order valence-corrected chi connectivity index (χ1v) is 12.0. The highest BCUT2D eigenvalue weighted by Gasteiger charge is 2.46. The number of ether oxygens (including phenoxy) is 1. The van der Waals surface area contributed by atoms with Crippen LogP contribution in [0.3, 0.4) is 0 Å². The van der Waals surface area contributed by atoms with Crippen LogP contribution in [0, 0.1) is 0 Å². The number of amides is 1. The lowest BCUT2D eigenvalue weighted by Gasteiger charge is -2.20. The molecular formula is C20H22N6O8S. The van der Waals surface area contributed by atoms with Gasteiger partial charge in [0.25, 0.3) is 5.91 Å². The van der Waals surface area contributed by atoms with Crippen molar-refractivity contribution in [3.8, 4) is 5.75 Å². The highest BCUT2D eigenvalue weighted by Crippen LogP contribution is 2.36. The number of carbonyl (C=O) groups is 1. The molecule has 2 aliphatic rings. The normalized spacial score (nSPS) is 26.6. The van der Waals surface area contributed by atoms with Gasteiger partial charge in [0.2, 0.25) is 5.95 Å². The summed E-state index contributed by atoms with van der Waals surface area (Å²) in [6.45, 7) is -0.541. The summed E-state index contributed by atoms with van der Waals surface area (Å²) in [6.07, 6.45) is -3.90. The van der Waals surface area contributed by atoms with Gasteiger partial charge < -0.3 is 31.1 Å². The SMILES string of the molecule is Nc1ccnc2c1nc1n2[C@@H]2O[C@H](COS(=O)(=O)NC(=O)c3c(O)cccc3CCN1)[C@@H](O)[C@H]2O. The fourth-order valence-electron chi connectivity index (χ4n) is 4.17. The number of hydrogen-bond donors (Lipinski definition) is 6. The molecule has 4 atom stereocenters. The maximum absolute atomic E-state index is 12.7. The third-order valence-electron chi connectivity index (χ3n) is 5.84. The minimum absolute atomic E-state index is 0.170. The van der Waals surface area contributed by atoms with Crippen molar-refractivity contribution in [1.82, 2.24) is 19.3 Å². The molecule has 1 saturated heterocycles. The third-order valence-corrected chi connectivity index (χ3v) is 6.72. The number of aliphatic hydroxyl groups is 2. The zero-order valence-corrected chi connectivity index (χ0v) is 18.8. The number of imidazole rings is 1. The van der Waals surface area contributed by atoms with Crippen LogP contribution < -0.4 is 15.8 Å². The van der Waals surface area contributed by atoms with E-state index < -0.39 is 53.1 Å². The number of pyridine rings is 1. The molecule has 5 rings (SSSR count). The van der Waals surface area contributed by atoms with Gasteiger partial charge in [0, 0.05) is 12.7 Å².